The van der Waals surface area contributed by atoms with Gasteiger partial charge < -0.3 is 14.9 Å². The van der Waals surface area contributed by atoms with Gasteiger partial charge in [0.15, 0.2) is 0 Å². The van der Waals surface area contributed by atoms with Crippen LogP contribution in [0, 0.1) is 0 Å². The molecule has 1 aliphatic rings. The average Bonchev–Trinajstić information content (AvgIpc) is 2.70. The lowest BCUT2D eigenvalue weighted by molar-refractivity contribution is -0.0875. The molecule has 20 heavy (non-hydrogen) atoms. The molecule has 1 aliphatic carbocycles. The fourth-order valence-corrected chi connectivity index (χ4v) is 2.95. The van der Waals surface area contributed by atoms with Crippen molar-refractivity contribution in [1.29, 1.82) is 0 Å². The highest BCUT2D eigenvalue weighted by Gasteiger charge is 2.38. The number of benzene rings is 1. The molecule has 1 saturated carbocycles. The molecule has 0 radical (unpaired) electrons. The Morgan fingerprint density at radius 3 is 2.45 bits per heavy atom. The summed E-state index contributed by atoms with van der Waals surface area (Å²) >= 11 is 0. The highest BCUT2D eigenvalue weighted by atomic mass is 16.5. The van der Waals surface area contributed by atoms with E-state index in [9.17, 15) is 10.2 Å². The van der Waals surface area contributed by atoms with Crippen LogP contribution >= 0.6 is 0 Å². The van der Waals surface area contributed by atoms with Gasteiger partial charge in [0, 0.05) is 5.56 Å². The SMILES string of the molecule is CCCOc1ccccc1C(O)C1(O)CCCCCC1. The minimum atomic E-state index is -1.01. The molecule has 2 N–H and O–H groups in total. The highest BCUT2D eigenvalue weighted by molar-refractivity contribution is 5.36. The third-order valence-electron chi connectivity index (χ3n) is 4.15. The molecule has 0 bridgehead atoms. The summed E-state index contributed by atoms with van der Waals surface area (Å²) in [4.78, 5) is 0. The Labute approximate surface area is 121 Å². The molecule has 1 fully saturated rings. The summed E-state index contributed by atoms with van der Waals surface area (Å²) in [7, 11) is 0. The zero-order chi connectivity index (χ0) is 14.4. The molecule has 1 atom stereocenters. The van der Waals surface area contributed by atoms with Crippen LogP contribution in [0.2, 0.25) is 0 Å². The Morgan fingerprint density at radius 2 is 1.80 bits per heavy atom. The van der Waals surface area contributed by atoms with Gasteiger partial charge in [0.05, 0.1) is 12.2 Å². The maximum absolute atomic E-state index is 10.8. The van der Waals surface area contributed by atoms with Gasteiger partial charge in [-0.3, -0.25) is 0 Å². The number of aliphatic hydroxyl groups excluding tert-OH is 1. The first kappa shape index (κ1) is 15.3. The largest absolute Gasteiger partial charge is 0.493 e. The van der Waals surface area contributed by atoms with Gasteiger partial charge in [-0.1, -0.05) is 50.8 Å². The predicted molar refractivity (Wildman–Crippen MR) is 79.8 cm³/mol. The molecule has 112 valence electrons. The number of hydrogen-bond donors (Lipinski definition) is 2. The van der Waals surface area contributed by atoms with Gasteiger partial charge >= 0.3 is 0 Å². The minimum absolute atomic E-state index is 0.627. The molecular weight excluding hydrogens is 252 g/mol. The van der Waals surface area contributed by atoms with E-state index < -0.39 is 11.7 Å². The fourth-order valence-electron chi connectivity index (χ4n) is 2.95. The van der Waals surface area contributed by atoms with Gasteiger partial charge in [0.2, 0.25) is 0 Å². The molecular formula is C17H26O3. The quantitative estimate of drug-likeness (QED) is 0.809. The summed E-state index contributed by atoms with van der Waals surface area (Å²) in [5.74, 6) is 0.694. The Hall–Kier alpha value is -1.06. The number of aliphatic hydroxyl groups is 2. The van der Waals surface area contributed by atoms with Crippen LogP contribution in [0.3, 0.4) is 0 Å². The lowest BCUT2D eigenvalue weighted by Crippen LogP contribution is -2.36. The van der Waals surface area contributed by atoms with Crippen LogP contribution in [-0.2, 0) is 0 Å². The van der Waals surface area contributed by atoms with Crippen molar-refractivity contribution in [2.24, 2.45) is 0 Å². The molecule has 3 heteroatoms. The lowest BCUT2D eigenvalue weighted by Gasteiger charge is -2.33. The van der Waals surface area contributed by atoms with Crippen LogP contribution in [0.1, 0.15) is 63.5 Å². The first-order valence-corrected chi connectivity index (χ1v) is 7.79. The fraction of sp³-hybridized carbons (Fsp3) is 0.647. The van der Waals surface area contributed by atoms with Gasteiger partial charge in [-0.15, -0.1) is 0 Å². The van der Waals surface area contributed by atoms with Crippen molar-refractivity contribution < 1.29 is 14.9 Å². The highest BCUT2D eigenvalue weighted by Crippen LogP contribution is 2.40. The smallest absolute Gasteiger partial charge is 0.125 e. The van der Waals surface area contributed by atoms with Crippen LogP contribution in [0.15, 0.2) is 24.3 Å². The molecule has 2 rings (SSSR count). The van der Waals surface area contributed by atoms with E-state index in [0.29, 0.717) is 30.8 Å². The van der Waals surface area contributed by atoms with Gasteiger partial charge in [0.25, 0.3) is 0 Å². The van der Waals surface area contributed by atoms with Crippen molar-refractivity contribution in [2.45, 2.75) is 63.6 Å². The first-order valence-electron chi connectivity index (χ1n) is 7.79. The summed E-state index contributed by atoms with van der Waals surface area (Å²) in [5.41, 5.74) is -0.298. The van der Waals surface area contributed by atoms with E-state index in [0.717, 1.165) is 32.1 Å². The van der Waals surface area contributed by atoms with Gasteiger partial charge in [0.1, 0.15) is 11.9 Å². The molecule has 0 saturated heterocycles. The normalized spacial score (nSPS) is 20.1. The topological polar surface area (TPSA) is 49.7 Å². The predicted octanol–water partition coefficient (Wildman–Crippen LogP) is 3.59. The minimum Gasteiger partial charge on any atom is -0.493 e. The molecule has 0 spiro atoms. The van der Waals surface area contributed by atoms with E-state index in [2.05, 4.69) is 6.92 Å². The number of rotatable bonds is 5. The maximum Gasteiger partial charge on any atom is 0.125 e. The summed E-state index contributed by atoms with van der Waals surface area (Å²) in [5, 5.41) is 21.5. The van der Waals surface area contributed by atoms with E-state index in [-0.39, 0.29) is 0 Å². The Balaban J connectivity index is 2.20. The average molecular weight is 278 g/mol. The van der Waals surface area contributed by atoms with Crippen LogP contribution < -0.4 is 4.74 Å². The zero-order valence-electron chi connectivity index (χ0n) is 12.3. The number of hydrogen-bond acceptors (Lipinski definition) is 3. The van der Waals surface area contributed by atoms with E-state index in [4.69, 9.17) is 4.74 Å². The molecule has 1 unspecified atom stereocenters. The summed E-state index contributed by atoms with van der Waals surface area (Å²) in [6.07, 6.45) is 5.62. The summed E-state index contributed by atoms with van der Waals surface area (Å²) in [6.45, 7) is 2.68. The second kappa shape index (κ2) is 7.09. The van der Waals surface area contributed by atoms with E-state index in [1.807, 2.05) is 24.3 Å². The van der Waals surface area contributed by atoms with Crippen molar-refractivity contribution >= 4 is 0 Å². The van der Waals surface area contributed by atoms with Crippen molar-refractivity contribution in [2.75, 3.05) is 6.61 Å². The van der Waals surface area contributed by atoms with Crippen molar-refractivity contribution in [3.8, 4) is 5.75 Å². The molecule has 0 amide bonds. The number of para-hydroxylation sites is 1. The van der Waals surface area contributed by atoms with Crippen molar-refractivity contribution in [3.63, 3.8) is 0 Å². The third kappa shape index (κ3) is 3.53. The van der Waals surface area contributed by atoms with Gasteiger partial charge in [-0.25, -0.2) is 0 Å². The standard InChI is InChI=1S/C17H26O3/c1-2-13-20-15-10-6-5-9-14(15)16(18)17(19)11-7-3-4-8-12-17/h5-6,9-10,16,18-19H,2-4,7-8,11-13H2,1H3. The molecule has 0 aliphatic heterocycles. The second-order valence-electron chi connectivity index (χ2n) is 5.81. The molecule has 1 aromatic carbocycles. The van der Waals surface area contributed by atoms with Crippen LogP contribution in [0.5, 0.6) is 5.75 Å². The van der Waals surface area contributed by atoms with Crippen molar-refractivity contribution in [1.82, 2.24) is 0 Å². The van der Waals surface area contributed by atoms with E-state index in [1.165, 1.54) is 0 Å². The molecule has 3 nitrogen and oxygen atoms in total. The Kier molecular flexibility index (Phi) is 5.44. The molecule has 1 aromatic rings. The third-order valence-corrected chi connectivity index (χ3v) is 4.15. The monoisotopic (exact) mass is 278 g/mol. The van der Waals surface area contributed by atoms with Gasteiger partial charge in [-0.05, 0) is 25.3 Å². The van der Waals surface area contributed by atoms with Crippen LogP contribution in [0.25, 0.3) is 0 Å². The summed E-state index contributed by atoms with van der Waals surface area (Å²) < 4.78 is 5.70. The maximum atomic E-state index is 10.8. The van der Waals surface area contributed by atoms with E-state index >= 15 is 0 Å². The zero-order valence-corrected chi connectivity index (χ0v) is 12.3. The Morgan fingerprint density at radius 1 is 1.15 bits per heavy atom. The van der Waals surface area contributed by atoms with Gasteiger partial charge in [-0.2, -0.15) is 0 Å². The summed E-state index contributed by atoms with van der Waals surface area (Å²) in [6, 6.07) is 7.52. The Bertz CT molecular complexity index is 408. The lowest BCUT2D eigenvalue weighted by atomic mass is 9.84. The molecule has 0 aromatic heterocycles. The van der Waals surface area contributed by atoms with Crippen LogP contribution in [0.4, 0.5) is 0 Å². The van der Waals surface area contributed by atoms with E-state index in [1.54, 1.807) is 0 Å². The van der Waals surface area contributed by atoms with Crippen molar-refractivity contribution in [3.05, 3.63) is 29.8 Å². The first-order chi connectivity index (χ1) is 9.67. The second-order valence-corrected chi connectivity index (χ2v) is 5.81. The number of ether oxygens (including phenoxy) is 1. The van der Waals surface area contributed by atoms with Crippen LogP contribution in [-0.4, -0.2) is 22.4 Å². The molecule has 0 heterocycles.